The molecule has 0 saturated carbocycles. The zero-order chi connectivity index (χ0) is 13.0. The minimum Gasteiger partial charge on any atom is -0.297 e. The van der Waals surface area contributed by atoms with Gasteiger partial charge in [-0.3, -0.25) is 4.79 Å². The Hall–Kier alpha value is -1.59. The molecule has 0 spiro atoms. The van der Waals surface area contributed by atoms with Crippen LogP contribution in [0.3, 0.4) is 0 Å². The quantitative estimate of drug-likeness (QED) is 0.657. The van der Waals surface area contributed by atoms with Crippen molar-refractivity contribution in [2.24, 2.45) is 0 Å². The van der Waals surface area contributed by atoms with Crippen molar-refractivity contribution < 1.29 is 4.79 Å². The van der Waals surface area contributed by atoms with Crippen molar-refractivity contribution in [3.05, 3.63) is 35.2 Å². The van der Waals surface area contributed by atoms with Gasteiger partial charge >= 0.3 is 0 Å². The van der Waals surface area contributed by atoms with E-state index in [2.05, 4.69) is 8.75 Å². The molecular formula is C13H12N2OS2. The van der Waals surface area contributed by atoms with Crippen molar-refractivity contribution in [1.29, 1.82) is 0 Å². The molecule has 0 fully saturated rings. The standard InChI is InChI=1S/C11H6N2OS2.C2H6/c14-6-8-2-4-11(15-8)7-1-3-9-10(5-7)13-16-12-9;1-2/h1-6H;1-2H3. The average Bonchev–Trinajstić information content (AvgIpc) is 3.09. The number of rotatable bonds is 2. The van der Waals surface area contributed by atoms with E-state index in [1.54, 1.807) is 0 Å². The highest BCUT2D eigenvalue weighted by atomic mass is 32.1. The predicted octanol–water partition coefficient (Wildman–Crippen LogP) is 4.26. The van der Waals surface area contributed by atoms with Gasteiger partial charge in [0, 0.05) is 4.88 Å². The highest BCUT2D eigenvalue weighted by Gasteiger charge is 2.05. The van der Waals surface area contributed by atoms with Gasteiger partial charge in [0.15, 0.2) is 6.29 Å². The number of aromatic nitrogens is 2. The maximum atomic E-state index is 10.6. The molecule has 3 rings (SSSR count). The zero-order valence-electron chi connectivity index (χ0n) is 10.1. The summed E-state index contributed by atoms with van der Waals surface area (Å²) in [5, 5.41) is 0. The lowest BCUT2D eigenvalue weighted by molar-refractivity contribution is 0.112. The second kappa shape index (κ2) is 5.84. The fraction of sp³-hybridized carbons (Fsp3) is 0.154. The second-order valence-corrected chi connectivity index (χ2v) is 4.93. The van der Waals surface area contributed by atoms with Crippen LogP contribution in [0.4, 0.5) is 0 Å². The number of hydrogen-bond donors (Lipinski definition) is 0. The van der Waals surface area contributed by atoms with Crippen molar-refractivity contribution >= 4 is 40.4 Å². The van der Waals surface area contributed by atoms with Gasteiger partial charge in [-0.25, -0.2) is 0 Å². The largest absolute Gasteiger partial charge is 0.297 e. The number of nitrogens with zero attached hydrogens (tertiary/aromatic N) is 2. The monoisotopic (exact) mass is 276 g/mol. The third-order valence-corrected chi connectivity index (χ3v) is 3.90. The molecular weight excluding hydrogens is 264 g/mol. The number of aldehydes is 1. The van der Waals surface area contributed by atoms with Gasteiger partial charge in [-0.1, -0.05) is 19.9 Å². The molecule has 0 saturated heterocycles. The molecule has 0 aliphatic heterocycles. The van der Waals surface area contributed by atoms with Gasteiger partial charge in [-0.2, -0.15) is 8.75 Å². The van der Waals surface area contributed by atoms with Crippen molar-refractivity contribution in [3.8, 4) is 10.4 Å². The first-order valence-corrected chi connectivity index (χ1v) is 7.19. The summed E-state index contributed by atoms with van der Waals surface area (Å²) in [4.78, 5) is 12.4. The number of carbonyl (C=O) groups excluding carboxylic acids is 1. The van der Waals surface area contributed by atoms with Crippen LogP contribution in [0.5, 0.6) is 0 Å². The predicted molar refractivity (Wildman–Crippen MR) is 77.5 cm³/mol. The van der Waals surface area contributed by atoms with Crippen LogP contribution in [0.2, 0.25) is 0 Å². The summed E-state index contributed by atoms with van der Waals surface area (Å²) in [7, 11) is 0. The van der Waals surface area contributed by atoms with E-state index in [0.717, 1.165) is 32.6 Å². The van der Waals surface area contributed by atoms with E-state index >= 15 is 0 Å². The minimum absolute atomic E-state index is 0.742. The summed E-state index contributed by atoms with van der Waals surface area (Å²) in [6, 6.07) is 9.74. The summed E-state index contributed by atoms with van der Waals surface area (Å²) in [5.41, 5.74) is 2.91. The molecule has 0 bridgehead atoms. The molecule has 0 amide bonds. The molecule has 18 heavy (non-hydrogen) atoms. The Morgan fingerprint density at radius 1 is 1.06 bits per heavy atom. The van der Waals surface area contributed by atoms with Gasteiger partial charge in [-0.15, -0.1) is 11.3 Å². The number of carbonyl (C=O) groups is 1. The Bertz CT molecular complexity index is 658. The molecule has 0 N–H and O–H groups in total. The molecule has 0 aliphatic carbocycles. The molecule has 2 aromatic heterocycles. The summed E-state index contributed by atoms with van der Waals surface area (Å²) in [6.45, 7) is 4.00. The van der Waals surface area contributed by atoms with E-state index in [1.165, 1.54) is 23.1 Å². The van der Waals surface area contributed by atoms with Gasteiger partial charge in [0.25, 0.3) is 0 Å². The first kappa shape index (κ1) is 12.9. The van der Waals surface area contributed by atoms with E-state index in [4.69, 9.17) is 0 Å². The first-order chi connectivity index (χ1) is 8.86. The molecule has 1 aromatic carbocycles. The highest BCUT2D eigenvalue weighted by Crippen LogP contribution is 2.29. The number of fused-ring (bicyclic) bond motifs is 1. The molecule has 5 heteroatoms. The molecule has 2 heterocycles. The third kappa shape index (κ3) is 2.47. The number of hydrogen-bond acceptors (Lipinski definition) is 5. The van der Waals surface area contributed by atoms with Gasteiger partial charge in [0.05, 0.1) is 16.6 Å². The topological polar surface area (TPSA) is 42.9 Å². The maximum Gasteiger partial charge on any atom is 0.160 e. The second-order valence-electron chi connectivity index (χ2n) is 3.29. The van der Waals surface area contributed by atoms with Crippen LogP contribution in [0.15, 0.2) is 30.3 Å². The van der Waals surface area contributed by atoms with Crippen LogP contribution in [0, 0.1) is 0 Å². The van der Waals surface area contributed by atoms with E-state index in [9.17, 15) is 4.79 Å². The summed E-state index contributed by atoms with van der Waals surface area (Å²) in [6.07, 6.45) is 0.872. The maximum absolute atomic E-state index is 10.6. The number of benzene rings is 1. The molecule has 92 valence electrons. The normalized spacial score (nSPS) is 9.89. The van der Waals surface area contributed by atoms with E-state index < -0.39 is 0 Å². The van der Waals surface area contributed by atoms with Crippen LogP contribution in [0.1, 0.15) is 23.5 Å². The van der Waals surface area contributed by atoms with Crippen molar-refractivity contribution in [2.45, 2.75) is 13.8 Å². The lowest BCUT2D eigenvalue weighted by atomic mass is 10.1. The van der Waals surface area contributed by atoms with Crippen molar-refractivity contribution in [2.75, 3.05) is 0 Å². The Balaban J connectivity index is 0.000000574. The van der Waals surface area contributed by atoms with Gasteiger partial charge in [0.2, 0.25) is 0 Å². The van der Waals surface area contributed by atoms with Crippen LogP contribution < -0.4 is 0 Å². The van der Waals surface area contributed by atoms with Gasteiger partial charge in [-0.05, 0) is 29.8 Å². The summed E-state index contributed by atoms with van der Waals surface area (Å²) in [5.74, 6) is 0. The third-order valence-electron chi connectivity index (χ3n) is 2.28. The van der Waals surface area contributed by atoms with Gasteiger partial charge < -0.3 is 0 Å². The van der Waals surface area contributed by atoms with Crippen LogP contribution in [-0.2, 0) is 0 Å². The zero-order valence-corrected chi connectivity index (χ0v) is 11.7. The number of thiophene rings is 1. The van der Waals surface area contributed by atoms with Crippen LogP contribution >= 0.6 is 23.1 Å². The smallest absolute Gasteiger partial charge is 0.160 e. The minimum atomic E-state index is 0.742. The molecule has 0 aliphatic rings. The average molecular weight is 276 g/mol. The highest BCUT2D eigenvalue weighted by molar-refractivity contribution is 7.17. The Morgan fingerprint density at radius 3 is 2.56 bits per heavy atom. The summed E-state index contributed by atoms with van der Waals surface area (Å²) >= 11 is 2.70. The lowest BCUT2D eigenvalue weighted by Crippen LogP contribution is -1.73. The molecule has 3 nitrogen and oxygen atoms in total. The van der Waals surface area contributed by atoms with E-state index in [0.29, 0.717) is 0 Å². The van der Waals surface area contributed by atoms with E-state index in [1.807, 2.05) is 44.2 Å². The molecule has 3 aromatic rings. The SMILES string of the molecule is CC.O=Cc1ccc(-c2ccc3nsnc3c2)s1. The molecule has 0 radical (unpaired) electrons. The van der Waals surface area contributed by atoms with Crippen molar-refractivity contribution in [1.82, 2.24) is 8.75 Å². The van der Waals surface area contributed by atoms with Gasteiger partial charge in [0.1, 0.15) is 11.0 Å². The molecule has 0 unspecified atom stereocenters. The van der Waals surface area contributed by atoms with Crippen LogP contribution in [0.25, 0.3) is 21.5 Å². The Morgan fingerprint density at radius 2 is 1.83 bits per heavy atom. The fourth-order valence-electron chi connectivity index (χ4n) is 1.51. The van der Waals surface area contributed by atoms with E-state index in [-0.39, 0.29) is 0 Å². The molecule has 0 atom stereocenters. The van der Waals surface area contributed by atoms with Crippen molar-refractivity contribution in [3.63, 3.8) is 0 Å². The lowest BCUT2D eigenvalue weighted by Gasteiger charge is -1.95. The fourth-order valence-corrected chi connectivity index (χ4v) is 2.84. The Labute approximate surface area is 113 Å². The Kier molecular flexibility index (Phi) is 4.17. The summed E-state index contributed by atoms with van der Waals surface area (Å²) < 4.78 is 8.35. The van der Waals surface area contributed by atoms with Crippen LogP contribution in [-0.4, -0.2) is 15.0 Å². The first-order valence-electron chi connectivity index (χ1n) is 5.64.